The van der Waals surface area contributed by atoms with Gasteiger partial charge in [0.1, 0.15) is 0 Å². The predicted octanol–water partition coefficient (Wildman–Crippen LogP) is 0.366. The minimum absolute atomic E-state index is 0.0289. The Morgan fingerprint density at radius 3 is 2.67 bits per heavy atom. The molecular weight excluding hydrogens is 240 g/mol. The van der Waals surface area contributed by atoms with Gasteiger partial charge < -0.3 is 4.57 Å². The van der Waals surface area contributed by atoms with E-state index in [1.165, 1.54) is 22.9 Å². The van der Waals surface area contributed by atoms with Crippen molar-refractivity contribution in [2.75, 3.05) is 16.4 Å². The van der Waals surface area contributed by atoms with Gasteiger partial charge in [0, 0.05) is 25.2 Å². The summed E-state index contributed by atoms with van der Waals surface area (Å²) in [6.45, 7) is 0. The molecule has 0 aliphatic carbocycles. The van der Waals surface area contributed by atoms with Crippen molar-refractivity contribution in [3.05, 3.63) is 28.7 Å². The molecule has 1 rings (SSSR count). The van der Waals surface area contributed by atoms with Gasteiger partial charge >= 0.3 is 0 Å². The molecule has 0 aliphatic rings. The van der Waals surface area contributed by atoms with E-state index in [1.807, 2.05) is 0 Å². The molecule has 0 aromatic carbocycles. The van der Waals surface area contributed by atoms with Crippen molar-refractivity contribution in [3.63, 3.8) is 0 Å². The molecule has 7 heteroatoms. The maximum Gasteiger partial charge on any atom is 0.250 e. The van der Waals surface area contributed by atoms with Crippen LogP contribution in [-0.4, -0.2) is 24.6 Å². The van der Waals surface area contributed by atoms with E-state index >= 15 is 0 Å². The van der Waals surface area contributed by atoms with E-state index in [4.69, 9.17) is 11.6 Å². The van der Waals surface area contributed by atoms with Gasteiger partial charge in [0.05, 0.1) is 11.4 Å². The van der Waals surface area contributed by atoms with Gasteiger partial charge in [-0.25, -0.2) is 8.42 Å². The second-order valence-corrected chi connectivity index (χ2v) is 5.20. The summed E-state index contributed by atoms with van der Waals surface area (Å²) in [5.41, 5.74) is 0.150. The molecule has 0 aliphatic heterocycles. The third-order valence-corrected chi connectivity index (χ3v) is 3.41. The number of halogens is 1. The Morgan fingerprint density at radius 1 is 1.47 bits per heavy atom. The average molecular weight is 251 g/mol. The van der Waals surface area contributed by atoms with Crippen molar-refractivity contribution >= 4 is 27.3 Å². The van der Waals surface area contributed by atoms with E-state index in [2.05, 4.69) is 4.72 Å². The van der Waals surface area contributed by atoms with Crippen LogP contribution in [0.3, 0.4) is 0 Å². The van der Waals surface area contributed by atoms with Crippen LogP contribution >= 0.6 is 11.6 Å². The van der Waals surface area contributed by atoms with Crippen molar-refractivity contribution in [1.82, 2.24) is 4.57 Å². The summed E-state index contributed by atoms with van der Waals surface area (Å²) in [7, 11) is -1.87. The zero-order chi connectivity index (χ0) is 11.5. The average Bonchev–Trinajstić information content (AvgIpc) is 2.10. The molecule has 1 aromatic heterocycles. The lowest BCUT2D eigenvalue weighted by atomic mass is 10.4. The molecule has 1 heterocycles. The molecule has 0 saturated heterocycles. The molecular formula is C8H11ClN2O3S. The SMILES string of the molecule is Cn1cc(NS(=O)(=O)CCCl)ccc1=O. The molecule has 0 amide bonds. The molecule has 84 valence electrons. The predicted molar refractivity (Wildman–Crippen MR) is 59.8 cm³/mol. The Hall–Kier alpha value is -1.01. The van der Waals surface area contributed by atoms with Crippen LogP contribution in [0, 0.1) is 0 Å². The van der Waals surface area contributed by atoms with E-state index in [-0.39, 0.29) is 17.2 Å². The number of anilines is 1. The van der Waals surface area contributed by atoms with E-state index in [0.717, 1.165) is 0 Å². The number of hydrogen-bond donors (Lipinski definition) is 1. The fourth-order valence-corrected chi connectivity index (χ4v) is 2.38. The minimum atomic E-state index is -3.41. The summed E-state index contributed by atoms with van der Waals surface area (Å²) in [4.78, 5) is 11.0. The third-order valence-electron chi connectivity index (χ3n) is 1.71. The highest BCUT2D eigenvalue weighted by atomic mass is 35.5. The number of hydrogen-bond acceptors (Lipinski definition) is 3. The molecule has 0 unspecified atom stereocenters. The summed E-state index contributed by atoms with van der Waals surface area (Å²) in [5, 5.41) is 0. The van der Waals surface area contributed by atoms with Crippen LogP contribution in [-0.2, 0) is 17.1 Å². The molecule has 0 bridgehead atoms. The number of pyridine rings is 1. The maximum absolute atomic E-state index is 11.3. The van der Waals surface area contributed by atoms with Gasteiger partial charge in [-0.05, 0) is 6.07 Å². The summed E-state index contributed by atoms with van der Waals surface area (Å²) in [6, 6.07) is 2.70. The lowest BCUT2D eigenvalue weighted by Gasteiger charge is -2.07. The van der Waals surface area contributed by atoms with Crippen LogP contribution in [0.15, 0.2) is 23.1 Å². The van der Waals surface area contributed by atoms with Gasteiger partial charge in [-0.2, -0.15) is 0 Å². The van der Waals surface area contributed by atoms with Gasteiger partial charge in [-0.15, -0.1) is 11.6 Å². The molecule has 5 nitrogen and oxygen atoms in total. The fourth-order valence-electron chi connectivity index (χ4n) is 0.986. The minimum Gasteiger partial charge on any atom is -0.316 e. The first kappa shape index (κ1) is 12.1. The molecule has 1 aromatic rings. The van der Waals surface area contributed by atoms with Gasteiger partial charge in [-0.1, -0.05) is 0 Å². The molecule has 0 atom stereocenters. The van der Waals surface area contributed by atoms with E-state index in [0.29, 0.717) is 5.69 Å². The second kappa shape index (κ2) is 4.67. The fraction of sp³-hybridized carbons (Fsp3) is 0.375. The van der Waals surface area contributed by atoms with Crippen molar-refractivity contribution < 1.29 is 8.42 Å². The van der Waals surface area contributed by atoms with E-state index in [9.17, 15) is 13.2 Å². The smallest absolute Gasteiger partial charge is 0.250 e. The van der Waals surface area contributed by atoms with E-state index in [1.54, 1.807) is 7.05 Å². The Morgan fingerprint density at radius 2 is 2.13 bits per heavy atom. The molecule has 0 fully saturated rings. The highest BCUT2D eigenvalue weighted by Gasteiger charge is 2.09. The highest BCUT2D eigenvalue weighted by Crippen LogP contribution is 2.05. The molecule has 0 spiro atoms. The number of aromatic nitrogens is 1. The second-order valence-electron chi connectivity index (χ2n) is 2.98. The van der Waals surface area contributed by atoms with Crippen LogP contribution in [0.5, 0.6) is 0 Å². The van der Waals surface area contributed by atoms with Crippen molar-refractivity contribution in [2.45, 2.75) is 0 Å². The lowest BCUT2D eigenvalue weighted by Crippen LogP contribution is -2.20. The van der Waals surface area contributed by atoms with Crippen molar-refractivity contribution in [1.29, 1.82) is 0 Å². The first-order chi connectivity index (χ1) is 6.94. The Bertz CT molecular complexity index is 495. The molecule has 1 N–H and O–H groups in total. The third kappa shape index (κ3) is 3.56. The van der Waals surface area contributed by atoms with Gasteiger partial charge in [0.15, 0.2) is 0 Å². The summed E-state index contributed by atoms with van der Waals surface area (Å²) in [6.07, 6.45) is 1.41. The number of aryl methyl sites for hydroxylation is 1. The Labute approximate surface area is 92.7 Å². The summed E-state index contributed by atoms with van der Waals surface area (Å²) < 4.78 is 26.2. The summed E-state index contributed by atoms with van der Waals surface area (Å²) in [5.74, 6) is -0.126. The zero-order valence-electron chi connectivity index (χ0n) is 8.10. The standard InChI is InChI=1S/C8H11ClN2O3S/c1-11-6-7(2-3-8(11)12)10-15(13,14)5-4-9/h2-3,6,10H,4-5H2,1H3. The number of rotatable bonds is 4. The lowest BCUT2D eigenvalue weighted by molar-refractivity contribution is 0.602. The van der Waals surface area contributed by atoms with Gasteiger partial charge in [-0.3, -0.25) is 9.52 Å². The number of sulfonamides is 1. The van der Waals surface area contributed by atoms with E-state index < -0.39 is 10.0 Å². The van der Waals surface area contributed by atoms with Crippen LogP contribution in [0.2, 0.25) is 0 Å². The summed E-state index contributed by atoms with van der Waals surface area (Å²) >= 11 is 5.33. The first-order valence-corrected chi connectivity index (χ1v) is 6.36. The van der Waals surface area contributed by atoms with Crippen LogP contribution in [0.1, 0.15) is 0 Å². The zero-order valence-corrected chi connectivity index (χ0v) is 9.68. The van der Waals surface area contributed by atoms with Crippen LogP contribution < -0.4 is 10.3 Å². The van der Waals surface area contributed by atoms with Gasteiger partial charge in [0.25, 0.3) is 0 Å². The highest BCUT2D eigenvalue weighted by molar-refractivity contribution is 7.92. The van der Waals surface area contributed by atoms with Crippen LogP contribution in [0.4, 0.5) is 5.69 Å². The number of nitrogens with zero attached hydrogens (tertiary/aromatic N) is 1. The quantitative estimate of drug-likeness (QED) is 0.785. The molecule has 0 saturated carbocycles. The van der Waals surface area contributed by atoms with Crippen molar-refractivity contribution in [3.8, 4) is 0 Å². The molecule has 0 radical (unpaired) electrons. The monoisotopic (exact) mass is 250 g/mol. The Kier molecular flexibility index (Phi) is 3.76. The van der Waals surface area contributed by atoms with Crippen LogP contribution in [0.25, 0.3) is 0 Å². The van der Waals surface area contributed by atoms with Gasteiger partial charge in [0.2, 0.25) is 15.6 Å². The maximum atomic E-state index is 11.3. The topological polar surface area (TPSA) is 68.2 Å². The molecule has 15 heavy (non-hydrogen) atoms. The largest absolute Gasteiger partial charge is 0.316 e. The first-order valence-electron chi connectivity index (χ1n) is 4.18. The Balaban J connectivity index is 2.91. The van der Waals surface area contributed by atoms with Crippen molar-refractivity contribution in [2.24, 2.45) is 7.05 Å². The number of alkyl halides is 1. The normalized spacial score (nSPS) is 11.3. The number of nitrogens with one attached hydrogen (secondary N) is 1.